The number of piperidine rings is 1. The van der Waals surface area contributed by atoms with Crippen molar-refractivity contribution in [2.45, 2.75) is 25.1 Å². The molecule has 0 aliphatic carbocycles. The Hall–Kier alpha value is -1.29. The van der Waals surface area contributed by atoms with Crippen LogP contribution in [-0.4, -0.2) is 38.3 Å². The third-order valence-corrected chi connectivity index (χ3v) is 3.67. The molecule has 1 aromatic carbocycles. The molecule has 18 heavy (non-hydrogen) atoms. The Balaban J connectivity index is 2.07. The number of carbonyl (C=O) groups excluding carboxylic acids is 1. The van der Waals surface area contributed by atoms with Crippen LogP contribution in [0.2, 0.25) is 5.31 Å². The Labute approximate surface area is 111 Å². The molecule has 4 heteroatoms. The summed E-state index contributed by atoms with van der Waals surface area (Å²) >= 11 is 0. The van der Waals surface area contributed by atoms with E-state index in [2.05, 4.69) is 0 Å². The molecule has 0 atom stereocenters. The third-order valence-electron chi connectivity index (χ3n) is 3.67. The first kappa shape index (κ1) is 11.8. The average Bonchev–Trinajstić information content (AvgIpc) is 2.42. The molecule has 1 aliphatic rings. The molecular formula is C14H19BN2O. The zero-order valence-corrected chi connectivity index (χ0v) is 10.8. The maximum Gasteiger partial charge on any atom is 0.253 e. The van der Waals surface area contributed by atoms with Gasteiger partial charge in [0.15, 0.2) is 0 Å². The molecule has 0 saturated carbocycles. The summed E-state index contributed by atoms with van der Waals surface area (Å²) in [6, 6.07) is 5.62. The van der Waals surface area contributed by atoms with Crippen LogP contribution in [0.1, 0.15) is 30.1 Å². The topological polar surface area (TPSA) is 46.3 Å². The highest BCUT2D eigenvalue weighted by Gasteiger charge is 2.30. The van der Waals surface area contributed by atoms with Crippen molar-refractivity contribution in [1.29, 1.82) is 0 Å². The summed E-state index contributed by atoms with van der Waals surface area (Å²) in [5.41, 5.74) is 7.10. The summed E-state index contributed by atoms with van der Waals surface area (Å²) in [4.78, 5) is 14.1. The summed E-state index contributed by atoms with van der Waals surface area (Å²) < 4.78 is 7.75. The molecular weight excluding hydrogens is 223 g/mol. The lowest BCUT2D eigenvalue weighted by Crippen LogP contribution is -2.43. The minimum atomic E-state index is -0.329. The van der Waals surface area contributed by atoms with Gasteiger partial charge in [-0.15, -0.1) is 0 Å². The second-order valence-electron chi connectivity index (χ2n) is 5.12. The summed E-state index contributed by atoms with van der Waals surface area (Å²) in [5, 5.41) is -0.329. The predicted molar refractivity (Wildman–Crippen MR) is 73.8 cm³/mol. The molecule has 1 fully saturated rings. The van der Waals surface area contributed by atoms with Gasteiger partial charge in [-0.2, -0.15) is 0 Å². The summed E-state index contributed by atoms with van der Waals surface area (Å²) in [7, 11) is 6.11. The molecule has 1 aromatic rings. The lowest BCUT2D eigenvalue weighted by atomic mass is 9.63. The molecule has 1 amide bonds. The van der Waals surface area contributed by atoms with E-state index < -0.39 is 0 Å². The standard InChI is InChI=1S/C14H19BN2O/c1-11-2-4-12(5-3-11)13(18)17-8-6-14(15,10-16)7-9-17/h2-5H,6-10,16H2,1H3/i2D. The van der Waals surface area contributed by atoms with Gasteiger partial charge in [0, 0.05) is 18.7 Å². The van der Waals surface area contributed by atoms with Gasteiger partial charge in [0.1, 0.15) is 0 Å². The van der Waals surface area contributed by atoms with E-state index in [1.54, 1.807) is 17.0 Å². The molecule has 0 aromatic heterocycles. The summed E-state index contributed by atoms with van der Waals surface area (Å²) in [5.74, 6) is -0.0208. The van der Waals surface area contributed by atoms with Gasteiger partial charge in [-0.1, -0.05) is 23.0 Å². The first-order valence-corrected chi connectivity index (χ1v) is 6.31. The highest BCUT2D eigenvalue weighted by atomic mass is 16.2. The summed E-state index contributed by atoms with van der Waals surface area (Å²) in [6.45, 7) is 3.58. The zero-order chi connectivity index (χ0) is 14.0. The lowest BCUT2D eigenvalue weighted by Gasteiger charge is -2.39. The van der Waals surface area contributed by atoms with Crippen LogP contribution >= 0.6 is 0 Å². The molecule has 3 nitrogen and oxygen atoms in total. The molecule has 2 rings (SSSR count). The number of likely N-dealkylation sites (tertiary alicyclic amines) is 1. The van der Waals surface area contributed by atoms with Gasteiger partial charge in [-0.05, 0) is 38.4 Å². The molecule has 1 aliphatic heterocycles. The average molecular weight is 243 g/mol. The van der Waals surface area contributed by atoms with E-state index in [0.29, 0.717) is 31.2 Å². The van der Waals surface area contributed by atoms with Gasteiger partial charge < -0.3 is 10.6 Å². The van der Waals surface area contributed by atoms with Crippen LogP contribution < -0.4 is 5.73 Å². The Morgan fingerprint density at radius 2 is 2.17 bits per heavy atom. The zero-order valence-electron chi connectivity index (χ0n) is 11.8. The Morgan fingerprint density at radius 3 is 2.72 bits per heavy atom. The quantitative estimate of drug-likeness (QED) is 0.800. The Kier molecular flexibility index (Phi) is 3.37. The number of benzene rings is 1. The highest BCUT2D eigenvalue weighted by Crippen LogP contribution is 2.34. The van der Waals surface area contributed by atoms with Crippen LogP contribution in [0.5, 0.6) is 0 Å². The van der Waals surface area contributed by atoms with Gasteiger partial charge in [0.25, 0.3) is 5.91 Å². The van der Waals surface area contributed by atoms with Gasteiger partial charge >= 0.3 is 0 Å². The second-order valence-corrected chi connectivity index (χ2v) is 5.12. The monoisotopic (exact) mass is 243 g/mol. The van der Waals surface area contributed by atoms with Gasteiger partial charge in [0.2, 0.25) is 0 Å². The number of carbonyl (C=O) groups is 1. The van der Waals surface area contributed by atoms with E-state index in [1.807, 2.05) is 13.0 Å². The fourth-order valence-corrected chi connectivity index (χ4v) is 2.18. The first-order valence-electron chi connectivity index (χ1n) is 6.81. The van der Waals surface area contributed by atoms with Gasteiger partial charge in [0.05, 0.1) is 9.22 Å². The molecule has 0 unspecified atom stereocenters. The van der Waals surface area contributed by atoms with E-state index in [-0.39, 0.29) is 11.2 Å². The molecule has 2 radical (unpaired) electrons. The maximum atomic E-state index is 12.3. The Morgan fingerprint density at radius 1 is 1.50 bits per heavy atom. The number of nitrogens with zero attached hydrogens (tertiary/aromatic N) is 1. The van der Waals surface area contributed by atoms with Crippen LogP contribution in [0.3, 0.4) is 0 Å². The van der Waals surface area contributed by atoms with E-state index in [1.165, 1.54) is 0 Å². The van der Waals surface area contributed by atoms with E-state index in [9.17, 15) is 4.79 Å². The third kappa shape index (κ3) is 2.75. The first-order chi connectivity index (χ1) is 8.95. The van der Waals surface area contributed by atoms with Gasteiger partial charge in [-0.25, -0.2) is 0 Å². The number of aryl methyl sites for hydroxylation is 1. The van der Waals surface area contributed by atoms with Crippen LogP contribution in [0.25, 0.3) is 0 Å². The number of hydrogen-bond acceptors (Lipinski definition) is 2. The maximum absolute atomic E-state index is 12.3. The molecule has 94 valence electrons. The van der Waals surface area contributed by atoms with Crippen molar-refractivity contribution in [3.63, 3.8) is 0 Å². The number of amides is 1. The van der Waals surface area contributed by atoms with Crippen LogP contribution in [0.4, 0.5) is 0 Å². The van der Waals surface area contributed by atoms with Crippen molar-refractivity contribution < 1.29 is 6.17 Å². The van der Waals surface area contributed by atoms with Crippen molar-refractivity contribution in [1.82, 2.24) is 4.90 Å². The molecule has 1 heterocycles. The Bertz CT molecular complexity index is 484. The SMILES string of the molecule is [2H]c1cc(C(=O)N2CCC([B])(CN)CC2)ccc1C. The van der Waals surface area contributed by atoms with Crippen molar-refractivity contribution in [2.24, 2.45) is 5.73 Å². The largest absolute Gasteiger partial charge is 0.339 e. The second kappa shape index (κ2) is 5.15. The smallest absolute Gasteiger partial charge is 0.253 e. The number of hydrogen-bond donors (Lipinski definition) is 1. The summed E-state index contributed by atoms with van der Waals surface area (Å²) in [6.07, 6.45) is 1.46. The molecule has 0 spiro atoms. The van der Waals surface area contributed by atoms with Crippen LogP contribution in [0, 0.1) is 6.92 Å². The van der Waals surface area contributed by atoms with E-state index >= 15 is 0 Å². The van der Waals surface area contributed by atoms with E-state index in [4.69, 9.17) is 15.0 Å². The molecule has 0 bridgehead atoms. The van der Waals surface area contributed by atoms with E-state index in [0.717, 1.165) is 18.4 Å². The normalized spacial score (nSPS) is 19.4. The fourth-order valence-electron chi connectivity index (χ4n) is 2.18. The number of rotatable bonds is 2. The van der Waals surface area contributed by atoms with Crippen molar-refractivity contribution in [3.8, 4) is 0 Å². The van der Waals surface area contributed by atoms with Crippen molar-refractivity contribution >= 4 is 13.8 Å². The van der Waals surface area contributed by atoms with Crippen molar-refractivity contribution in [3.05, 3.63) is 35.4 Å². The fraction of sp³-hybridized carbons (Fsp3) is 0.500. The minimum Gasteiger partial charge on any atom is -0.339 e. The van der Waals surface area contributed by atoms with Crippen LogP contribution in [0.15, 0.2) is 24.2 Å². The minimum absolute atomic E-state index is 0.0208. The predicted octanol–water partition coefficient (Wildman–Crippen LogP) is 1.52. The highest BCUT2D eigenvalue weighted by molar-refractivity contribution is 6.15. The molecule has 1 saturated heterocycles. The van der Waals surface area contributed by atoms with Crippen molar-refractivity contribution in [2.75, 3.05) is 19.6 Å². The molecule has 2 N–H and O–H groups in total. The number of nitrogens with two attached hydrogens (primary N) is 1. The lowest BCUT2D eigenvalue weighted by molar-refractivity contribution is 0.0701. The van der Waals surface area contributed by atoms with Crippen LogP contribution in [-0.2, 0) is 0 Å². The van der Waals surface area contributed by atoms with Gasteiger partial charge in [-0.3, -0.25) is 4.79 Å².